The van der Waals surface area contributed by atoms with Crippen LogP contribution in [0.1, 0.15) is 60.5 Å². The third-order valence-electron chi connectivity index (χ3n) is 6.35. The highest BCUT2D eigenvalue weighted by atomic mass is 32.1. The molecule has 0 saturated heterocycles. The molecule has 3 aromatic rings. The number of aromatic nitrogens is 2. The van der Waals surface area contributed by atoms with Gasteiger partial charge in [-0.1, -0.05) is 66.7 Å². The molecule has 172 valence electrons. The molecule has 0 fully saturated rings. The Labute approximate surface area is 198 Å². The lowest BCUT2D eigenvalue weighted by molar-refractivity contribution is 0.249. The molecule has 0 radical (unpaired) electrons. The van der Waals surface area contributed by atoms with Crippen molar-refractivity contribution in [3.63, 3.8) is 0 Å². The van der Waals surface area contributed by atoms with Crippen molar-refractivity contribution in [2.45, 2.75) is 66.5 Å². The van der Waals surface area contributed by atoms with E-state index in [1.807, 2.05) is 27.7 Å². The van der Waals surface area contributed by atoms with Gasteiger partial charge in [0, 0.05) is 29.4 Å². The van der Waals surface area contributed by atoms with Crippen LogP contribution >= 0.6 is 11.3 Å². The molecule has 0 N–H and O–H groups in total. The van der Waals surface area contributed by atoms with Crippen LogP contribution in [0.2, 0.25) is 0 Å². The van der Waals surface area contributed by atoms with Crippen molar-refractivity contribution in [1.29, 1.82) is 0 Å². The summed E-state index contributed by atoms with van der Waals surface area (Å²) >= 11 is 1.76. The van der Waals surface area contributed by atoms with Gasteiger partial charge in [0.25, 0.3) is 0 Å². The zero-order valence-corrected chi connectivity index (χ0v) is 21.5. The number of rotatable bonds is 2. The molecule has 5 heteroatoms. The number of fused-ring (bicyclic) bond motifs is 5. The van der Waals surface area contributed by atoms with Crippen LogP contribution in [-0.4, -0.2) is 16.1 Å². The molecule has 2 aliphatic rings. The highest BCUT2D eigenvalue weighted by Gasteiger charge is 2.53. The van der Waals surface area contributed by atoms with Gasteiger partial charge in [-0.3, -0.25) is 4.90 Å². The SMILES string of the molecule is C=C.CC.CC.CCC1(C)c2ccccc2N2c3nccnc3N(c3cccs3)C2C1C. The minimum atomic E-state index is 0.106. The van der Waals surface area contributed by atoms with Crippen molar-refractivity contribution in [1.82, 2.24) is 9.97 Å². The molecule has 0 saturated carbocycles. The third kappa shape index (κ3) is 3.95. The maximum Gasteiger partial charge on any atom is 0.179 e. The Hall–Kier alpha value is -2.66. The van der Waals surface area contributed by atoms with E-state index in [1.54, 1.807) is 23.7 Å². The molecule has 2 aromatic heterocycles. The molecule has 5 rings (SSSR count). The van der Waals surface area contributed by atoms with E-state index >= 15 is 0 Å². The van der Waals surface area contributed by atoms with Gasteiger partial charge in [-0.05, 0) is 35.6 Å². The Bertz CT molecular complexity index is 971. The molecule has 2 aliphatic heterocycles. The third-order valence-corrected chi connectivity index (χ3v) is 7.22. The summed E-state index contributed by atoms with van der Waals surface area (Å²) in [4.78, 5) is 14.3. The van der Waals surface area contributed by atoms with E-state index in [0.29, 0.717) is 5.92 Å². The normalized spacial score (nSPS) is 22.0. The van der Waals surface area contributed by atoms with E-state index in [-0.39, 0.29) is 11.6 Å². The van der Waals surface area contributed by atoms with Crippen LogP contribution in [0.15, 0.2) is 67.3 Å². The highest BCUT2D eigenvalue weighted by Crippen LogP contribution is 2.57. The first-order valence-corrected chi connectivity index (χ1v) is 12.6. The number of anilines is 4. The second kappa shape index (κ2) is 11.3. The van der Waals surface area contributed by atoms with Gasteiger partial charge in [0.05, 0.1) is 5.00 Å². The molecular weight excluding hydrogens is 412 g/mol. The number of hydrogen-bond donors (Lipinski definition) is 0. The van der Waals surface area contributed by atoms with Gasteiger partial charge in [-0.25, -0.2) is 9.97 Å². The first kappa shape index (κ1) is 25.6. The van der Waals surface area contributed by atoms with E-state index in [1.165, 1.54) is 16.3 Å². The van der Waals surface area contributed by atoms with Crippen molar-refractivity contribution >= 4 is 33.7 Å². The molecular formula is C27H38N4S. The molecule has 3 atom stereocenters. The number of benzene rings is 1. The van der Waals surface area contributed by atoms with Crippen LogP contribution in [0.3, 0.4) is 0 Å². The van der Waals surface area contributed by atoms with E-state index in [0.717, 1.165) is 18.1 Å². The number of hydrogen-bond acceptors (Lipinski definition) is 5. The van der Waals surface area contributed by atoms with E-state index in [9.17, 15) is 0 Å². The standard InChI is InChI=1S/C21H22N4S.2C2H6.C2H4/c1-4-21(3)14(2)20-24(16-9-6-5-8-15(16)21)18-19(23-12-11-22-18)25(20)17-10-7-13-26-17;3*1-2/h5-14,20H,4H2,1-3H3;2*1-2H3;1-2H2. The van der Waals surface area contributed by atoms with Gasteiger partial charge in [0.15, 0.2) is 11.6 Å². The Kier molecular flexibility index (Phi) is 9.02. The van der Waals surface area contributed by atoms with Crippen molar-refractivity contribution < 1.29 is 0 Å². The molecule has 1 aromatic carbocycles. The minimum Gasteiger partial charge on any atom is -0.301 e. The van der Waals surface area contributed by atoms with Crippen molar-refractivity contribution in [3.8, 4) is 0 Å². The molecule has 4 heterocycles. The molecule has 0 bridgehead atoms. The summed E-state index contributed by atoms with van der Waals surface area (Å²) in [5.74, 6) is 2.34. The summed E-state index contributed by atoms with van der Waals surface area (Å²) in [5.41, 5.74) is 2.78. The summed E-state index contributed by atoms with van der Waals surface area (Å²) in [5, 5.41) is 3.36. The van der Waals surface area contributed by atoms with E-state index in [4.69, 9.17) is 9.97 Å². The fourth-order valence-corrected chi connectivity index (χ4v) is 5.39. The van der Waals surface area contributed by atoms with Gasteiger partial charge >= 0.3 is 0 Å². The van der Waals surface area contributed by atoms with Crippen LogP contribution in [-0.2, 0) is 5.41 Å². The summed E-state index contributed by atoms with van der Waals surface area (Å²) in [6, 6.07) is 13.1. The van der Waals surface area contributed by atoms with Crippen molar-refractivity contribution in [3.05, 3.63) is 72.9 Å². The van der Waals surface area contributed by atoms with E-state index in [2.05, 4.69) is 85.5 Å². The van der Waals surface area contributed by atoms with Crippen molar-refractivity contribution in [2.75, 3.05) is 9.80 Å². The number of nitrogens with zero attached hydrogens (tertiary/aromatic N) is 4. The first-order valence-electron chi connectivity index (χ1n) is 11.7. The zero-order chi connectivity index (χ0) is 23.9. The molecule has 0 spiro atoms. The van der Waals surface area contributed by atoms with Gasteiger partial charge < -0.3 is 4.90 Å². The topological polar surface area (TPSA) is 32.3 Å². The molecule has 0 amide bonds. The van der Waals surface area contributed by atoms with Gasteiger partial charge in [-0.15, -0.1) is 24.5 Å². The van der Waals surface area contributed by atoms with Gasteiger partial charge in [-0.2, -0.15) is 0 Å². The minimum absolute atomic E-state index is 0.106. The van der Waals surface area contributed by atoms with Gasteiger partial charge in [0.1, 0.15) is 6.17 Å². The van der Waals surface area contributed by atoms with Crippen molar-refractivity contribution in [2.24, 2.45) is 5.92 Å². The Morgan fingerprint density at radius 2 is 1.53 bits per heavy atom. The van der Waals surface area contributed by atoms with Crippen LogP contribution in [0, 0.1) is 5.92 Å². The van der Waals surface area contributed by atoms with Gasteiger partial charge in [0.2, 0.25) is 0 Å². The van der Waals surface area contributed by atoms with Crippen LogP contribution in [0.4, 0.5) is 22.3 Å². The molecule has 3 unspecified atom stereocenters. The maximum absolute atomic E-state index is 4.74. The number of para-hydroxylation sites is 1. The molecule has 4 nitrogen and oxygen atoms in total. The Morgan fingerprint density at radius 1 is 0.938 bits per heavy atom. The average molecular weight is 451 g/mol. The Balaban J connectivity index is 0.000000561. The lowest BCUT2D eigenvalue weighted by Crippen LogP contribution is -2.54. The molecule has 32 heavy (non-hydrogen) atoms. The highest BCUT2D eigenvalue weighted by molar-refractivity contribution is 7.14. The second-order valence-electron chi connectivity index (χ2n) is 7.39. The first-order chi connectivity index (χ1) is 15.7. The quantitative estimate of drug-likeness (QED) is 0.367. The predicted molar refractivity (Wildman–Crippen MR) is 142 cm³/mol. The lowest BCUT2D eigenvalue weighted by atomic mass is 9.66. The summed E-state index contributed by atoms with van der Waals surface area (Å²) < 4.78 is 0. The lowest BCUT2D eigenvalue weighted by Gasteiger charge is -2.50. The monoisotopic (exact) mass is 450 g/mol. The summed E-state index contributed by atoms with van der Waals surface area (Å²) in [6.07, 6.45) is 4.89. The fraction of sp³-hybridized carbons (Fsp3) is 0.407. The fourth-order valence-electron chi connectivity index (χ4n) is 4.63. The van der Waals surface area contributed by atoms with Crippen LogP contribution in [0.25, 0.3) is 0 Å². The Morgan fingerprint density at radius 3 is 2.09 bits per heavy atom. The summed E-state index contributed by atoms with van der Waals surface area (Å²) in [7, 11) is 0. The zero-order valence-electron chi connectivity index (χ0n) is 20.7. The van der Waals surface area contributed by atoms with Crippen LogP contribution in [0.5, 0.6) is 0 Å². The molecule has 0 aliphatic carbocycles. The second-order valence-corrected chi connectivity index (χ2v) is 8.31. The van der Waals surface area contributed by atoms with E-state index < -0.39 is 0 Å². The maximum atomic E-state index is 4.74. The smallest absolute Gasteiger partial charge is 0.179 e. The number of thiophene rings is 1. The summed E-state index contributed by atoms with van der Waals surface area (Å²) in [6.45, 7) is 21.1. The average Bonchev–Trinajstić information content (AvgIpc) is 3.52. The predicted octanol–water partition coefficient (Wildman–Crippen LogP) is 8.33. The van der Waals surface area contributed by atoms with Crippen LogP contribution < -0.4 is 9.80 Å². The largest absolute Gasteiger partial charge is 0.301 e.